The third-order valence-electron chi connectivity index (χ3n) is 2.46. The molecule has 1 aliphatic heterocycles. The molecule has 94 valence electrons. The van der Waals surface area contributed by atoms with Crippen LogP contribution in [0, 0.1) is 0 Å². The number of esters is 1. The molecule has 6 heteroatoms. The summed E-state index contributed by atoms with van der Waals surface area (Å²) >= 11 is 0. The highest BCUT2D eigenvalue weighted by molar-refractivity contribution is 5.88. The van der Waals surface area contributed by atoms with Gasteiger partial charge in [-0.3, -0.25) is 0 Å². The van der Waals surface area contributed by atoms with E-state index >= 15 is 0 Å². The van der Waals surface area contributed by atoms with Crippen molar-refractivity contribution in [3.63, 3.8) is 0 Å². The summed E-state index contributed by atoms with van der Waals surface area (Å²) < 4.78 is 10.2. The number of aromatic nitrogens is 1. The van der Waals surface area contributed by atoms with E-state index in [4.69, 9.17) is 4.74 Å². The number of rotatable bonds is 3. The van der Waals surface area contributed by atoms with Gasteiger partial charge >= 0.3 is 5.97 Å². The maximum absolute atomic E-state index is 11.2. The van der Waals surface area contributed by atoms with Crippen molar-refractivity contribution < 1.29 is 14.3 Å². The molecule has 0 aliphatic carbocycles. The molecular formula is C11H15ClN2O3. The van der Waals surface area contributed by atoms with Crippen LogP contribution >= 0.6 is 12.4 Å². The molecule has 2 heterocycles. The number of carbonyl (C=O) groups is 1. The summed E-state index contributed by atoms with van der Waals surface area (Å²) in [6.45, 7) is 1.82. The van der Waals surface area contributed by atoms with Crippen LogP contribution in [0.25, 0.3) is 0 Å². The van der Waals surface area contributed by atoms with E-state index in [2.05, 4.69) is 15.0 Å². The number of pyridine rings is 1. The van der Waals surface area contributed by atoms with Crippen molar-refractivity contribution in [2.45, 2.75) is 12.5 Å². The number of nitrogens with zero attached hydrogens (tertiary/aromatic N) is 1. The highest BCUT2D eigenvalue weighted by Crippen LogP contribution is 2.12. The van der Waals surface area contributed by atoms with E-state index in [9.17, 15) is 4.79 Å². The molecule has 0 spiro atoms. The minimum absolute atomic E-state index is 0. The molecule has 0 saturated carbocycles. The van der Waals surface area contributed by atoms with Gasteiger partial charge in [-0.2, -0.15) is 0 Å². The number of halogens is 1. The number of carbonyl (C=O) groups excluding carboxylic acids is 1. The molecule has 1 aromatic rings. The number of methoxy groups -OCH3 is 1. The second kappa shape index (κ2) is 6.42. The fourth-order valence-electron chi connectivity index (χ4n) is 1.59. The van der Waals surface area contributed by atoms with Gasteiger partial charge in [-0.1, -0.05) is 0 Å². The van der Waals surface area contributed by atoms with Gasteiger partial charge in [0.05, 0.1) is 12.7 Å². The second-order valence-corrected chi connectivity index (χ2v) is 3.61. The lowest BCUT2D eigenvalue weighted by Crippen LogP contribution is -2.20. The molecule has 1 saturated heterocycles. The van der Waals surface area contributed by atoms with Crippen molar-refractivity contribution in [3.8, 4) is 5.88 Å². The molecule has 2 rings (SSSR count). The van der Waals surface area contributed by atoms with E-state index in [1.165, 1.54) is 13.3 Å². The molecule has 0 aromatic carbocycles. The van der Waals surface area contributed by atoms with E-state index in [-0.39, 0.29) is 24.5 Å². The first-order valence-corrected chi connectivity index (χ1v) is 5.21. The van der Waals surface area contributed by atoms with Crippen LogP contribution in [0.4, 0.5) is 0 Å². The molecule has 1 unspecified atom stereocenters. The summed E-state index contributed by atoms with van der Waals surface area (Å²) in [6.07, 6.45) is 2.63. The van der Waals surface area contributed by atoms with Crippen molar-refractivity contribution >= 4 is 18.4 Å². The minimum Gasteiger partial charge on any atom is -0.473 e. The lowest BCUT2D eigenvalue weighted by Gasteiger charge is -2.11. The summed E-state index contributed by atoms with van der Waals surface area (Å²) in [5, 5.41) is 3.20. The van der Waals surface area contributed by atoms with Crippen LogP contribution in [-0.2, 0) is 4.74 Å². The Morgan fingerprint density at radius 1 is 1.53 bits per heavy atom. The van der Waals surface area contributed by atoms with Crippen molar-refractivity contribution in [2.24, 2.45) is 0 Å². The zero-order chi connectivity index (χ0) is 11.4. The predicted octanol–water partition coefficient (Wildman–Crippen LogP) is 1.03. The Morgan fingerprint density at radius 3 is 2.88 bits per heavy atom. The number of hydrogen-bond acceptors (Lipinski definition) is 5. The van der Waals surface area contributed by atoms with E-state index < -0.39 is 0 Å². The largest absolute Gasteiger partial charge is 0.473 e. The summed E-state index contributed by atoms with van der Waals surface area (Å²) in [6, 6.07) is 3.33. The molecule has 1 atom stereocenters. The van der Waals surface area contributed by atoms with Crippen LogP contribution in [0.5, 0.6) is 5.88 Å². The molecule has 0 amide bonds. The Bertz CT molecular complexity index is 363. The van der Waals surface area contributed by atoms with Crippen LogP contribution in [0.1, 0.15) is 16.8 Å². The molecule has 1 fully saturated rings. The Morgan fingerprint density at radius 2 is 2.35 bits per heavy atom. The Hall–Kier alpha value is -1.33. The molecule has 0 radical (unpaired) electrons. The van der Waals surface area contributed by atoms with E-state index in [1.807, 2.05) is 0 Å². The SMILES string of the molecule is COC(=O)c1ccc(OC2CCNC2)nc1.Cl. The fraction of sp³-hybridized carbons (Fsp3) is 0.455. The predicted molar refractivity (Wildman–Crippen MR) is 64.7 cm³/mol. The fourth-order valence-corrected chi connectivity index (χ4v) is 1.59. The van der Waals surface area contributed by atoms with E-state index in [0.29, 0.717) is 11.4 Å². The van der Waals surface area contributed by atoms with Gasteiger partial charge in [0.1, 0.15) is 6.10 Å². The molecule has 17 heavy (non-hydrogen) atoms. The highest BCUT2D eigenvalue weighted by atomic mass is 35.5. The monoisotopic (exact) mass is 258 g/mol. The summed E-state index contributed by atoms with van der Waals surface area (Å²) in [5.41, 5.74) is 0.430. The van der Waals surface area contributed by atoms with Gasteiger partial charge in [0.25, 0.3) is 0 Å². The zero-order valence-electron chi connectivity index (χ0n) is 9.51. The summed E-state index contributed by atoms with van der Waals surface area (Å²) in [4.78, 5) is 15.2. The molecular weight excluding hydrogens is 244 g/mol. The van der Waals surface area contributed by atoms with Gasteiger partial charge in [0.2, 0.25) is 5.88 Å². The van der Waals surface area contributed by atoms with Crippen molar-refractivity contribution in [2.75, 3.05) is 20.2 Å². The first-order valence-electron chi connectivity index (χ1n) is 5.21. The zero-order valence-corrected chi connectivity index (χ0v) is 10.3. The van der Waals surface area contributed by atoms with Gasteiger partial charge < -0.3 is 14.8 Å². The molecule has 5 nitrogen and oxygen atoms in total. The summed E-state index contributed by atoms with van der Waals surface area (Å²) in [5.74, 6) is 0.155. The van der Waals surface area contributed by atoms with Gasteiger partial charge in [0, 0.05) is 18.8 Å². The van der Waals surface area contributed by atoms with Crippen LogP contribution in [0.3, 0.4) is 0 Å². The smallest absolute Gasteiger partial charge is 0.339 e. The molecule has 0 bridgehead atoms. The van der Waals surface area contributed by atoms with Crippen LogP contribution in [-0.4, -0.2) is 37.3 Å². The third-order valence-corrected chi connectivity index (χ3v) is 2.46. The maximum Gasteiger partial charge on any atom is 0.339 e. The molecule has 1 N–H and O–H groups in total. The number of hydrogen-bond donors (Lipinski definition) is 1. The van der Waals surface area contributed by atoms with Crippen molar-refractivity contribution in [1.82, 2.24) is 10.3 Å². The summed E-state index contributed by atoms with van der Waals surface area (Å²) in [7, 11) is 1.34. The van der Waals surface area contributed by atoms with Crippen molar-refractivity contribution in [3.05, 3.63) is 23.9 Å². The van der Waals surface area contributed by atoms with Crippen molar-refractivity contribution in [1.29, 1.82) is 0 Å². The van der Waals surface area contributed by atoms with Gasteiger partial charge in [0.15, 0.2) is 0 Å². The highest BCUT2D eigenvalue weighted by Gasteiger charge is 2.16. The standard InChI is InChI=1S/C11H14N2O3.ClH/c1-15-11(14)8-2-3-10(13-6-8)16-9-4-5-12-7-9;/h2-3,6,9,12H,4-5,7H2,1H3;1H. The van der Waals surface area contributed by atoms with Gasteiger partial charge in [-0.25, -0.2) is 9.78 Å². The molecule has 1 aliphatic rings. The van der Waals surface area contributed by atoms with Gasteiger partial charge in [-0.05, 0) is 19.0 Å². The Kier molecular flexibility index (Phi) is 5.18. The second-order valence-electron chi connectivity index (χ2n) is 3.61. The van der Waals surface area contributed by atoms with E-state index in [1.54, 1.807) is 12.1 Å². The Labute approximate surface area is 106 Å². The van der Waals surface area contributed by atoms with Crippen LogP contribution < -0.4 is 10.1 Å². The first kappa shape index (κ1) is 13.7. The van der Waals surface area contributed by atoms with Crippen LogP contribution in [0.2, 0.25) is 0 Å². The average molecular weight is 259 g/mol. The Balaban J connectivity index is 0.00000144. The lowest BCUT2D eigenvalue weighted by molar-refractivity contribution is 0.0600. The number of ether oxygens (including phenoxy) is 2. The molecule has 1 aromatic heterocycles. The van der Waals surface area contributed by atoms with Crippen LogP contribution in [0.15, 0.2) is 18.3 Å². The normalized spacial score (nSPS) is 18.3. The first-order chi connectivity index (χ1) is 7.79. The lowest BCUT2D eigenvalue weighted by atomic mass is 10.3. The maximum atomic E-state index is 11.2. The number of nitrogens with one attached hydrogen (secondary N) is 1. The topological polar surface area (TPSA) is 60.5 Å². The quantitative estimate of drug-likeness (QED) is 0.821. The van der Waals surface area contributed by atoms with E-state index in [0.717, 1.165) is 19.5 Å². The third kappa shape index (κ3) is 3.57. The van der Waals surface area contributed by atoms with Gasteiger partial charge in [-0.15, -0.1) is 12.4 Å². The minimum atomic E-state index is -0.387. The average Bonchev–Trinajstić information content (AvgIpc) is 2.82.